The van der Waals surface area contributed by atoms with Gasteiger partial charge >= 0.3 is 0 Å². The molecule has 0 saturated carbocycles. The zero-order valence-electron chi connectivity index (χ0n) is 6.17. The van der Waals surface area contributed by atoms with Crippen LogP contribution in [0.15, 0.2) is 0 Å². The predicted octanol–water partition coefficient (Wildman–Crippen LogP) is 3.44. The molecule has 0 aliphatic carbocycles. The van der Waals surface area contributed by atoms with Crippen molar-refractivity contribution >= 4 is 11.6 Å². The van der Waals surface area contributed by atoms with Crippen molar-refractivity contribution in [3.05, 3.63) is 0 Å². The van der Waals surface area contributed by atoms with Gasteiger partial charge in [-0.15, -0.1) is 11.6 Å². The average Bonchev–Trinajstić information content (AvgIpc) is 1.84. The normalized spacial score (nSPS) is 12.0. The largest absolute Gasteiger partial charge is 0.248 e. The Morgan fingerprint density at radius 3 is 2.30 bits per heavy atom. The van der Waals surface area contributed by atoms with Gasteiger partial charge in [0.2, 0.25) is 5.92 Å². The number of alkyl halides is 3. The van der Waals surface area contributed by atoms with Gasteiger partial charge in [-0.2, -0.15) is 0 Å². The van der Waals surface area contributed by atoms with Crippen LogP contribution in [0.4, 0.5) is 8.78 Å². The van der Waals surface area contributed by atoms with Gasteiger partial charge < -0.3 is 0 Å². The molecule has 0 fully saturated rings. The van der Waals surface area contributed by atoms with Crippen LogP contribution in [0.25, 0.3) is 0 Å². The molecule has 3 heteroatoms. The van der Waals surface area contributed by atoms with Crippen LogP contribution in [0.5, 0.6) is 0 Å². The second kappa shape index (κ2) is 4.89. The van der Waals surface area contributed by atoms with Crippen molar-refractivity contribution in [3.8, 4) is 0 Å². The molecule has 0 heterocycles. The molecule has 0 aromatic rings. The monoisotopic (exact) mass is 170 g/mol. The van der Waals surface area contributed by atoms with Gasteiger partial charge in [-0.05, 0) is 6.42 Å². The minimum atomic E-state index is -2.48. The summed E-state index contributed by atoms with van der Waals surface area (Å²) in [5.41, 5.74) is 0. The van der Waals surface area contributed by atoms with Crippen molar-refractivity contribution in [2.24, 2.45) is 0 Å². The third-order valence-corrected chi connectivity index (χ3v) is 1.56. The summed E-state index contributed by atoms with van der Waals surface area (Å²) in [6.45, 7) is 1.76. The summed E-state index contributed by atoms with van der Waals surface area (Å²) < 4.78 is 25.1. The fourth-order valence-electron chi connectivity index (χ4n) is 0.816. The lowest BCUT2D eigenvalue weighted by molar-refractivity contribution is -0.0171. The van der Waals surface area contributed by atoms with Crippen molar-refractivity contribution < 1.29 is 8.78 Å². The highest BCUT2D eigenvalue weighted by Gasteiger charge is 2.25. The molecule has 10 heavy (non-hydrogen) atoms. The first-order chi connectivity index (χ1) is 4.62. The molecule has 0 radical (unpaired) electrons. The summed E-state index contributed by atoms with van der Waals surface area (Å²) in [4.78, 5) is 0. The summed E-state index contributed by atoms with van der Waals surface area (Å²) in [6.07, 6.45) is 0.873. The topological polar surface area (TPSA) is 0 Å². The first-order valence-corrected chi connectivity index (χ1v) is 4.09. The van der Waals surface area contributed by atoms with Gasteiger partial charge in [-0.25, -0.2) is 8.78 Å². The molecule has 0 aromatic carbocycles. The smallest absolute Gasteiger partial charge is 0.207 e. The predicted molar refractivity (Wildman–Crippen MR) is 39.8 cm³/mol. The Kier molecular flexibility index (Phi) is 4.96. The molecule has 0 rings (SSSR count). The lowest BCUT2D eigenvalue weighted by Crippen LogP contribution is -2.15. The third kappa shape index (κ3) is 4.98. The van der Waals surface area contributed by atoms with Gasteiger partial charge in [0.05, 0.1) is 0 Å². The first-order valence-electron chi connectivity index (χ1n) is 3.56. The lowest BCUT2D eigenvalue weighted by Gasteiger charge is -2.13. The van der Waals surface area contributed by atoms with Crippen LogP contribution in [-0.4, -0.2) is 11.8 Å². The molecule has 0 aliphatic heterocycles. The summed E-state index contributed by atoms with van der Waals surface area (Å²) in [7, 11) is 0. The summed E-state index contributed by atoms with van der Waals surface area (Å²) >= 11 is 5.27. The van der Waals surface area contributed by atoms with E-state index in [1.54, 1.807) is 6.92 Å². The van der Waals surface area contributed by atoms with Gasteiger partial charge in [-0.1, -0.05) is 13.3 Å². The Labute approximate surface area is 65.6 Å². The second-order valence-corrected chi connectivity index (χ2v) is 2.78. The van der Waals surface area contributed by atoms with E-state index >= 15 is 0 Å². The van der Waals surface area contributed by atoms with E-state index in [0.29, 0.717) is 18.7 Å². The Hall–Kier alpha value is 0.150. The van der Waals surface area contributed by atoms with Crippen LogP contribution in [0, 0.1) is 0 Å². The number of rotatable bonds is 5. The van der Waals surface area contributed by atoms with Crippen molar-refractivity contribution in [2.45, 2.75) is 38.5 Å². The van der Waals surface area contributed by atoms with Crippen LogP contribution in [0.1, 0.15) is 32.6 Å². The van der Waals surface area contributed by atoms with Gasteiger partial charge in [0, 0.05) is 18.7 Å². The molecule has 0 spiro atoms. The molecule has 0 saturated heterocycles. The number of hydrogen-bond acceptors (Lipinski definition) is 0. The Morgan fingerprint density at radius 1 is 1.30 bits per heavy atom. The van der Waals surface area contributed by atoms with Gasteiger partial charge in [0.1, 0.15) is 0 Å². The highest BCUT2D eigenvalue weighted by atomic mass is 35.5. The van der Waals surface area contributed by atoms with E-state index in [1.165, 1.54) is 0 Å². The lowest BCUT2D eigenvalue weighted by atomic mass is 10.1. The SMILES string of the molecule is CCCC(F)(F)CCCCl. The fourth-order valence-corrected chi connectivity index (χ4v) is 0.950. The Bertz CT molecular complexity index is 83.7. The third-order valence-electron chi connectivity index (χ3n) is 1.29. The molecule has 0 unspecified atom stereocenters. The first kappa shape index (κ1) is 10.2. The van der Waals surface area contributed by atoms with Crippen molar-refractivity contribution in [1.82, 2.24) is 0 Å². The van der Waals surface area contributed by atoms with E-state index in [-0.39, 0.29) is 12.8 Å². The van der Waals surface area contributed by atoms with Crippen LogP contribution in [-0.2, 0) is 0 Å². The Balaban J connectivity index is 3.42. The van der Waals surface area contributed by atoms with Crippen molar-refractivity contribution in [2.75, 3.05) is 5.88 Å². The molecule has 0 N–H and O–H groups in total. The summed E-state index contributed by atoms with van der Waals surface area (Å²) in [6, 6.07) is 0. The molecule has 0 atom stereocenters. The number of halogens is 3. The fraction of sp³-hybridized carbons (Fsp3) is 1.00. The van der Waals surface area contributed by atoms with E-state index in [0.717, 1.165) is 0 Å². The van der Waals surface area contributed by atoms with Crippen molar-refractivity contribution in [1.29, 1.82) is 0 Å². The Morgan fingerprint density at radius 2 is 1.90 bits per heavy atom. The van der Waals surface area contributed by atoms with E-state index in [4.69, 9.17) is 11.6 Å². The minimum Gasteiger partial charge on any atom is -0.207 e. The summed E-state index contributed by atoms with van der Waals surface area (Å²) in [5, 5.41) is 0. The zero-order chi connectivity index (χ0) is 8.04. The van der Waals surface area contributed by atoms with E-state index < -0.39 is 5.92 Å². The molecule has 62 valence electrons. The van der Waals surface area contributed by atoms with Crippen LogP contribution < -0.4 is 0 Å². The minimum absolute atomic E-state index is 0.0100. The highest BCUT2D eigenvalue weighted by molar-refractivity contribution is 6.17. The van der Waals surface area contributed by atoms with Crippen LogP contribution >= 0.6 is 11.6 Å². The molecular formula is C7H13ClF2. The van der Waals surface area contributed by atoms with E-state index in [1.807, 2.05) is 0 Å². The van der Waals surface area contributed by atoms with Gasteiger partial charge in [0.25, 0.3) is 0 Å². The standard InChI is InChI=1S/C7H13ClF2/c1-2-4-7(9,10)5-3-6-8/h2-6H2,1H3. The maximum absolute atomic E-state index is 12.6. The maximum Gasteiger partial charge on any atom is 0.248 e. The van der Waals surface area contributed by atoms with E-state index in [2.05, 4.69) is 0 Å². The molecule has 0 amide bonds. The average molecular weight is 171 g/mol. The second-order valence-electron chi connectivity index (χ2n) is 2.40. The zero-order valence-corrected chi connectivity index (χ0v) is 6.93. The molecule has 0 bridgehead atoms. The van der Waals surface area contributed by atoms with Crippen LogP contribution in [0.2, 0.25) is 0 Å². The quantitative estimate of drug-likeness (QED) is 0.555. The van der Waals surface area contributed by atoms with Crippen LogP contribution in [0.3, 0.4) is 0 Å². The molecule has 0 aliphatic rings. The summed E-state index contributed by atoms with van der Waals surface area (Å²) in [5.74, 6) is -2.15. The van der Waals surface area contributed by atoms with Crippen molar-refractivity contribution in [3.63, 3.8) is 0 Å². The molecular weight excluding hydrogens is 158 g/mol. The number of hydrogen-bond donors (Lipinski definition) is 0. The van der Waals surface area contributed by atoms with Gasteiger partial charge in [0.15, 0.2) is 0 Å². The highest BCUT2D eigenvalue weighted by Crippen LogP contribution is 2.25. The maximum atomic E-state index is 12.6. The molecule has 0 nitrogen and oxygen atoms in total. The van der Waals surface area contributed by atoms with Gasteiger partial charge in [-0.3, -0.25) is 0 Å². The van der Waals surface area contributed by atoms with E-state index in [9.17, 15) is 8.78 Å². The molecule has 0 aromatic heterocycles.